The van der Waals surface area contributed by atoms with Gasteiger partial charge in [-0.3, -0.25) is 25.0 Å². The van der Waals surface area contributed by atoms with E-state index in [-0.39, 0.29) is 11.3 Å². The first kappa shape index (κ1) is 16.5. The van der Waals surface area contributed by atoms with Crippen molar-refractivity contribution in [2.75, 3.05) is 0 Å². The Labute approximate surface area is 153 Å². The Morgan fingerprint density at radius 1 is 0.852 bits per heavy atom. The maximum absolute atomic E-state index is 12.3. The van der Waals surface area contributed by atoms with Crippen molar-refractivity contribution in [2.24, 2.45) is 0 Å². The predicted octanol–water partition coefficient (Wildman–Crippen LogP) is 3.67. The lowest BCUT2D eigenvalue weighted by Crippen LogP contribution is -2.36. The first-order chi connectivity index (χ1) is 13.0. The molecule has 0 saturated carbocycles. The van der Waals surface area contributed by atoms with Gasteiger partial charge in [0.25, 0.3) is 17.5 Å². The molecule has 0 unspecified atom stereocenters. The van der Waals surface area contributed by atoms with Gasteiger partial charge in [-0.05, 0) is 30.3 Å². The van der Waals surface area contributed by atoms with Gasteiger partial charge in [0.1, 0.15) is 11.5 Å². The minimum absolute atomic E-state index is 0.0718. The van der Waals surface area contributed by atoms with Crippen LogP contribution in [-0.2, 0) is 4.79 Å². The molecule has 7 nitrogen and oxygen atoms in total. The topological polar surface area (TPSA) is 102 Å². The molecular weight excluding hydrogens is 348 g/mol. The molecule has 7 heteroatoms. The fraction of sp³-hybridized carbons (Fsp3) is 0. The number of para-hydroxylation sites is 1. The second kappa shape index (κ2) is 6.38. The second-order valence-electron chi connectivity index (χ2n) is 5.86. The Morgan fingerprint density at radius 2 is 1.52 bits per heavy atom. The molecule has 4 rings (SSSR count). The van der Waals surface area contributed by atoms with Crippen molar-refractivity contribution in [3.8, 4) is 11.3 Å². The average molecular weight is 360 g/mol. The molecule has 1 N–H and O–H groups in total. The van der Waals surface area contributed by atoms with Gasteiger partial charge in [0.15, 0.2) is 0 Å². The normalized spacial score (nSPS) is 14.7. The number of fused-ring (bicyclic) bond motifs is 1. The van der Waals surface area contributed by atoms with Crippen LogP contribution in [-0.4, -0.2) is 16.7 Å². The molecule has 1 aliphatic heterocycles. The summed E-state index contributed by atoms with van der Waals surface area (Å²) >= 11 is 0. The van der Waals surface area contributed by atoms with Crippen LogP contribution in [0.2, 0.25) is 0 Å². The number of carbonyl (C=O) groups excluding carboxylic acids is 2. The summed E-state index contributed by atoms with van der Waals surface area (Å²) in [5, 5.41) is 13.5. The predicted molar refractivity (Wildman–Crippen MR) is 97.6 cm³/mol. The zero-order valence-electron chi connectivity index (χ0n) is 13.8. The fourth-order valence-electron chi connectivity index (χ4n) is 2.98. The van der Waals surface area contributed by atoms with E-state index in [1.54, 1.807) is 54.6 Å². The number of benzene rings is 2. The number of hydrogen-bond acceptors (Lipinski definition) is 5. The van der Waals surface area contributed by atoms with Crippen LogP contribution in [0, 0.1) is 10.1 Å². The number of amides is 2. The SMILES string of the molecule is O=C1NC(=O)c2ccccc2C1=Cc1ccc(-c2ccccc2[N+](=O)[O-])o1. The summed E-state index contributed by atoms with van der Waals surface area (Å²) in [7, 11) is 0. The number of rotatable bonds is 3. The summed E-state index contributed by atoms with van der Waals surface area (Å²) in [6.07, 6.45) is 1.51. The van der Waals surface area contributed by atoms with E-state index in [0.717, 1.165) is 0 Å². The lowest BCUT2D eigenvalue weighted by atomic mass is 9.94. The molecule has 2 amide bonds. The van der Waals surface area contributed by atoms with E-state index >= 15 is 0 Å². The van der Waals surface area contributed by atoms with Gasteiger partial charge in [0.05, 0.1) is 16.1 Å². The molecule has 1 aromatic heterocycles. The summed E-state index contributed by atoms with van der Waals surface area (Å²) in [4.78, 5) is 34.9. The number of nitro groups is 1. The Hall–Kier alpha value is -4.00. The van der Waals surface area contributed by atoms with Crippen molar-refractivity contribution in [1.82, 2.24) is 5.32 Å². The average Bonchev–Trinajstić information content (AvgIpc) is 3.13. The molecule has 0 bridgehead atoms. The van der Waals surface area contributed by atoms with E-state index in [1.165, 1.54) is 12.1 Å². The van der Waals surface area contributed by atoms with Crippen molar-refractivity contribution in [2.45, 2.75) is 0 Å². The van der Waals surface area contributed by atoms with Crippen molar-refractivity contribution in [1.29, 1.82) is 0 Å². The van der Waals surface area contributed by atoms with Crippen LogP contribution in [0.5, 0.6) is 0 Å². The van der Waals surface area contributed by atoms with Crippen LogP contribution in [0.15, 0.2) is 65.1 Å². The van der Waals surface area contributed by atoms with Gasteiger partial charge in [0, 0.05) is 17.2 Å². The van der Waals surface area contributed by atoms with Crippen LogP contribution in [0.25, 0.3) is 23.0 Å². The first-order valence-corrected chi connectivity index (χ1v) is 8.05. The highest BCUT2D eigenvalue weighted by atomic mass is 16.6. The van der Waals surface area contributed by atoms with Crippen LogP contribution in [0.4, 0.5) is 5.69 Å². The first-order valence-electron chi connectivity index (χ1n) is 8.05. The summed E-state index contributed by atoms with van der Waals surface area (Å²) < 4.78 is 5.71. The smallest absolute Gasteiger partial charge is 0.280 e. The van der Waals surface area contributed by atoms with E-state index in [4.69, 9.17) is 4.42 Å². The monoisotopic (exact) mass is 360 g/mol. The number of nitrogens with zero attached hydrogens (tertiary/aromatic N) is 1. The van der Waals surface area contributed by atoms with Gasteiger partial charge in [-0.15, -0.1) is 0 Å². The number of nitrogens with one attached hydrogen (secondary N) is 1. The van der Waals surface area contributed by atoms with E-state index in [0.29, 0.717) is 28.2 Å². The summed E-state index contributed by atoms with van der Waals surface area (Å²) in [6, 6.07) is 16.2. The highest BCUT2D eigenvalue weighted by Crippen LogP contribution is 2.32. The van der Waals surface area contributed by atoms with E-state index in [2.05, 4.69) is 5.32 Å². The molecule has 3 aromatic rings. The van der Waals surface area contributed by atoms with Crippen LogP contribution < -0.4 is 5.32 Å². The van der Waals surface area contributed by atoms with Crippen LogP contribution >= 0.6 is 0 Å². The number of carbonyl (C=O) groups is 2. The summed E-state index contributed by atoms with van der Waals surface area (Å²) in [5.74, 6) is -0.317. The molecule has 1 aliphatic rings. The lowest BCUT2D eigenvalue weighted by Gasteiger charge is -2.17. The van der Waals surface area contributed by atoms with E-state index in [1.807, 2.05) is 0 Å². The Morgan fingerprint density at radius 3 is 2.26 bits per heavy atom. The van der Waals surface area contributed by atoms with Crippen molar-refractivity contribution in [3.05, 3.63) is 87.7 Å². The standard InChI is InChI=1S/C20H12N2O5/c23-19-14-6-2-1-5-13(14)16(20(24)21-19)11-12-9-10-18(27-12)15-7-3-4-8-17(15)22(25)26/h1-11H,(H,21,23,24). The van der Waals surface area contributed by atoms with Gasteiger partial charge < -0.3 is 4.42 Å². The number of hydrogen-bond donors (Lipinski definition) is 1. The third kappa shape index (κ3) is 2.91. The van der Waals surface area contributed by atoms with Gasteiger partial charge >= 0.3 is 0 Å². The zero-order chi connectivity index (χ0) is 19.0. The van der Waals surface area contributed by atoms with Gasteiger partial charge in [-0.1, -0.05) is 30.3 Å². The maximum Gasteiger partial charge on any atom is 0.280 e. The van der Waals surface area contributed by atoms with Crippen LogP contribution in [0.3, 0.4) is 0 Å². The largest absolute Gasteiger partial charge is 0.456 e. The van der Waals surface area contributed by atoms with E-state index < -0.39 is 16.7 Å². The Kier molecular flexibility index (Phi) is 3.89. The van der Waals surface area contributed by atoms with Crippen LogP contribution in [0.1, 0.15) is 21.7 Å². The van der Waals surface area contributed by atoms with Gasteiger partial charge in [-0.25, -0.2) is 0 Å². The lowest BCUT2D eigenvalue weighted by molar-refractivity contribution is -0.384. The van der Waals surface area contributed by atoms with Gasteiger partial charge in [0.2, 0.25) is 0 Å². The van der Waals surface area contributed by atoms with E-state index in [9.17, 15) is 19.7 Å². The zero-order valence-corrected chi connectivity index (χ0v) is 13.8. The molecule has 0 aliphatic carbocycles. The third-order valence-electron chi connectivity index (χ3n) is 4.21. The quantitative estimate of drug-likeness (QED) is 0.332. The molecular formula is C20H12N2O5. The minimum atomic E-state index is -0.526. The summed E-state index contributed by atoms with van der Waals surface area (Å²) in [6.45, 7) is 0. The molecule has 2 aromatic carbocycles. The second-order valence-corrected chi connectivity index (χ2v) is 5.86. The number of imide groups is 1. The van der Waals surface area contributed by atoms with Crippen molar-refractivity contribution >= 4 is 29.2 Å². The third-order valence-corrected chi connectivity index (χ3v) is 4.21. The van der Waals surface area contributed by atoms with Gasteiger partial charge in [-0.2, -0.15) is 0 Å². The Balaban J connectivity index is 1.77. The fourth-order valence-corrected chi connectivity index (χ4v) is 2.98. The number of furan rings is 1. The molecule has 2 heterocycles. The molecule has 0 radical (unpaired) electrons. The summed E-state index contributed by atoms with van der Waals surface area (Å²) in [5.41, 5.74) is 1.46. The highest BCUT2D eigenvalue weighted by Gasteiger charge is 2.27. The minimum Gasteiger partial charge on any atom is -0.456 e. The van der Waals surface area contributed by atoms with Crippen molar-refractivity contribution < 1.29 is 18.9 Å². The molecule has 0 spiro atoms. The number of nitro benzene ring substituents is 1. The highest BCUT2D eigenvalue weighted by molar-refractivity contribution is 6.33. The Bertz CT molecular complexity index is 1130. The maximum atomic E-state index is 12.3. The molecule has 132 valence electrons. The molecule has 0 saturated heterocycles. The van der Waals surface area contributed by atoms with Crippen molar-refractivity contribution in [3.63, 3.8) is 0 Å². The molecule has 27 heavy (non-hydrogen) atoms. The molecule has 0 fully saturated rings. The molecule has 0 atom stereocenters.